The molecule has 1 N–H and O–H groups in total. The summed E-state index contributed by atoms with van der Waals surface area (Å²) in [5.41, 5.74) is 0.335. The van der Waals surface area contributed by atoms with E-state index in [0.29, 0.717) is 11.3 Å². The molecule has 104 valence electrons. The molecule has 0 rings (SSSR count). The fourth-order valence-electron chi connectivity index (χ4n) is 1.80. The summed E-state index contributed by atoms with van der Waals surface area (Å²) in [5.74, 6) is 0.677. The normalized spacial score (nSPS) is 15.0. The molecular weight excluding hydrogens is 210 g/mol. The number of nitrogens with one attached hydrogen (secondary N) is 1. The topological polar surface area (TPSA) is 21.3 Å². The zero-order valence-electron chi connectivity index (χ0n) is 13.0. The van der Waals surface area contributed by atoms with Crippen molar-refractivity contribution in [2.45, 2.75) is 66.9 Å². The summed E-state index contributed by atoms with van der Waals surface area (Å²) in [6.45, 7) is 18.6. The summed E-state index contributed by atoms with van der Waals surface area (Å²) in [4.78, 5) is 0. The third-order valence-electron chi connectivity index (χ3n) is 3.04. The number of hydrogen-bond donors (Lipinski definition) is 1. The van der Waals surface area contributed by atoms with Gasteiger partial charge >= 0.3 is 0 Å². The Hall–Kier alpha value is -0.0800. The van der Waals surface area contributed by atoms with Crippen LogP contribution in [0.4, 0.5) is 0 Å². The van der Waals surface area contributed by atoms with Gasteiger partial charge in [0.05, 0.1) is 5.60 Å². The molecule has 0 saturated heterocycles. The van der Waals surface area contributed by atoms with Gasteiger partial charge in [-0.1, -0.05) is 27.7 Å². The summed E-state index contributed by atoms with van der Waals surface area (Å²) >= 11 is 0. The van der Waals surface area contributed by atoms with Crippen LogP contribution >= 0.6 is 0 Å². The lowest BCUT2D eigenvalue weighted by molar-refractivity contribution is -0.0155. The molecule has 0 spiro atoms. The second-order valence-electron chi connectivity index (χ2n) is 7.02. The van der Waals surface area contributed by atoms with Crippen LogP contribution in [0.1, 0.15) is 61.3 Å². The molecule has 0 heterocycles. The lowest BCUT2D eigenvalue weighted by Crippen LogP contribution is -2.34. The predicted octanol–water partition coefficient (Wildman–Crippen LogP) is 3.85. The van der Waals surface area contributed by atoms with Crippen molar-refractivity contribution in [3.63, 3.8) is 0 Å². The molecule has 2 heteroatoms. The molecule has 17 heavy (non-hydrogen) atoms. The molecule has 1 atom stereocenters. The molecule has 0 aromatic rings. The second kappa shape index (κ2) is 7.38. The maximum absolute atomic E-state index is 5.83. The average molecular weight is 243 g/mol. The molecule has 0 radical (unpaired) electrons. The second-order valence-corrected chi connectivity index (χ2v) is 7.02. The van der Waals surface area contributed by atoms with E-state index in [1.165, 1.54) is 6.42 Å². The maximum Gasteiger partial charge on any atom is 0.0598 e. The third-order valence-corrected chi connectivity index (χ3v) is 3.04. The molecule has 0 bridgehead atoms. The predicted molar refractivity (Wildman–Crippen MR) is 76.4 cm³/mol. The van der Waals surface area contributed by atoms with Crippen LogP contribution in [0, 0.1) is 11.3 Å². The van der Waals surface area contributed by atoms with E-state index >= 15 is 0 Å². The van der Waals surface area contributed by atoms with Gasteiger partial charge in [-0.25, -0.2) is 0 Å². The first-order valence-corrected chi connectivity index (χ1v) is 7.01. The van der Waals surface area contributed by atoms with Gasteiger partial charge in [0, 0.05) is 6.61 Å². The van der Waals surface area contributed by atoms with Gasteiger partial charge in [0.15, 0.2) is 0 Å². The summed E-state index contributed by atoms with van der Waals surface area (Å²) in [7, 11) is 0. The van der Waals surface area contributed by atoms with Crippen LogP contribution in [-0.4, -0.2) is 25.3 Å². The van der Waals surface area contributed by atoms with E-state index in [2.05, 4.69) is 53.8 Å². The van der Waals surface area contributed by atoms with Crippen molar-refractivity contribution < 1.29 is 4.74 Å². The van der Waals surface area contributed by atoms with E-state index < -0.39 is 0 Å². The van der Waals surface area contributed by atoms with Gasteiger partial charge in [-0.15, -0.1) is 0 Å². The summed E-state index contributed by atoms with van der Waals surface area (Å²) in [6.07, 6.45) is 2.34. The van der Waals surface area contributed by atoms with Crippen molar-refractivity contribution in [2.24, 2.45) is 11.3 Å². The monoisotopic (exact) mass is 243 g/mol. The van der Waals surface area contributed by atoms with E-state index in [-0.39, 0.29) is 5.60 Å². The van der Waals surface area contributed by atoms with Gasteiger partial charge in [-0.3, -0.25) is 0 Å². The Morgan fingerprint density at radius 3 is 2.06 bits per heavy atom. The van der Waals surface area contributed by atoms with Crippen LogP contribution in [0.5, 0.6) is 0 Å². The lowest BCUT2D eigenvalue weighted by Gasteiger charge is -2.32. The highest BCUT2D eigenvalue weighted by Crippen LogP contribution is 2.28. The van der Waals surface area contributed by atoms with E-state index in [0.717, 1.165) is 26.1 Å². The third kappa shape index (κ3) is 9.61. The molecule has 0 aliphatic rings. The molecule has 0 aromatic heterocycles. The van der Waals surface area contributed by atoms with Gasteiger partial charge in [-0.2, -0.15) is 0 Å². The van der Waals surface area contributed by atoms with E-state index in [1.54, 1.807) is 0 Å². The Labute approximate surface area is 109 Å². The van der Waals surface area contributed by atoms with Gasteiger partial charge in [-0.05, 0) is 58.0 Å². The number of hydrogen-bond acceptors (Lipinski definition) is 2. The standard InChI is InChI=1S/C15H33NO/c1-8-10-16-12-13(14(2,3)4)9-11-17-15(5,6)7/h13,16H,8-12H2,1-7H3. The Morgan fingerprint density at radius 1 is 1.06 bits per heavy atom. The highest BCUT2D eigenvalue weighted by atomic mass is 16.5. The van der Waals surface area contributed by atoms with Crippen molar-refractivity contribution >= 4 is 0 Å². The molecule has 0 aromatic carbocycles. The van der Waals surface area contributed by atoms with Crippen LogP contribution in [-0.2, 0) is 4.74 Å². The van der Waals surface area contributed by atoms with E-state index in [9.17, 15) is 0 Å². The first-order chi connectivity index (χ1) is 7.67. The van der Waals surface area contributed by atoms with E-state index in [1.807, 2.05) is 0 Å². The van der Waals surface area contributed by atoms with Gasteiger partial charge < -0.3 is 10.1 Å². The number of ether oxygens (including phenoxy) is 1. The minimum atomic E-state index is -0.0146. The maximum atomic E-state index is 5.83. The Balaban J connectivity index is 4.03. The first-order valence-electron chi connectivity index (χ1n) is 7.01. The molecule has 0 aliphatic carbocycles. The lowest BCUT2D eigenvalue weighted by atomic mass is 9.79. The largest absolute Gasteiger partial charge is 0.376 e. The van der Waals surface area contributed by atoms with Crippen LogP contribution in [0.25, 0.3) is 0 Å². The Morgan fingerprint density at radius 2 is 1.65 bits per heavy atom. The molecular formula is C15H33NO. The smallest absolute Gasteiger partial charge is 0.0598 e. The Bertz CT molecular complexity index is 188. The molecule has 0 saturated carbocycles. The average Bonchev–Trinajstić information content (AvgIpc) is 2.12. The zero-order chi connectivity index (χ0) is 13.5. The van der Waals surface area contributed by atoms with Gasteiger partial charge in [0.2, 0.25) is 0 Å². The van der Waals surface area contributed by atoms with Gasteiger partial charge in [0.25, 0.3) is 0 Å². The van der Waals surface area contributed by atoms with Crippen molar-refractivity contribution in [3.05, 3.63) is 0 Å². The molecule has 1 unspecified atom stereocenters. The van der Waals surface area contributed by atoms with Crippen LogP contribution in [0.2, 0.25) is 0 Å². The molecule has 0 aliphatic heterocycles. The SMILES string of the molecule is CCCNCC(CCOC(C)(C)C)C(C)(C)C. The van der Waals surface area contributed by atoms with Crippen molar-refractivity contribution in [2.75, 3.05) is 19.7 Å². The minimum Gasteiger partial charge on any atom is -0.376 e. The summed E-state index contributed by atoms with van der Waals surface area (Å²) < 4.78 is 5.83. The quantitative estimate of drug-likeness (QED) is 0.686. The molecule has 2 nitrogen and oxygen atoms in total. The minimum absolute atomic E-state index is 0.0146. The van der Waals surface area contributed by atoms with E-state index in [4.69, 9.17) is 4.74 Å². The van der Waals surface area contributed by atoms with Crippen molar-refractivity contribution in [1.82, 2.24) is 5.32 Å². The highest BCUT2D eigenvalue weighted by molar-refractivity contribution is 4.76. The Kier molecular flexibility index (Phi) is 7.34. The summed E-state index contributed by atoms with van der Waals surface area (Å²) in [6, 6.07) is 0. The first kappa shape index (κ1) is 16.9. The molecule has 0 fully saturated rings. The molecule has 0 amide bonds. The van der Waals surface area contributed by atoms with Gasteiger partial charge in [0.1, 0.15) is 0 Å². The fourth-order valence-corrected chi connectivity index (χ4v) is 1.80. The summed E-state index contributed by atoms with van der Waals surface area (Å²) in [5, 5.41) is 3.53. The van der Waals surface area contributed by atoms with Crippen molar-refractivity contribution in [3.8, 4) is 0 Å². The highest BCUT2D eigenvalue weighted by Gasteiger charge is 2.24. The van der Waals surface area contributed by atoms with Crippen LogP contribution < -0.4 is 5.32 Å². The fraction of sp³-hybridized carbons (Fsp3) is 1.00. The number of rotatable bonds is 7. The van der Waals surface area contributed by atoms with Crippen LogP contribution in [0.3, 0.4) is 0 Å². The van der Waals surface area contributed by atoms with Crippen molar-refractivity contribution in [1.29, 1.82) is 0 Å². The zero-order valence-corrected chi connectivity index (χ0v) is 13.0. The van der Waals surface area contributed by atoms with Crippen LogP contribution in [0.15, 0.2) is 0 Å².